The van der Waals surface area contributed by atoms with Crippen LogP contribution in [0.4, 0.5) is 0 Å². The van der Waals surface area contributed by atoms with Crippen LogP contribution in [0.1, 0.15) is 23.6 Å². The molecular weight excluding hydrogens is 252 g/mol. The van der Waals surface area contributed by atoms with Gasteiger partial charge in [0.25, 0.3) is 10.1 Å². The van der Waals surface area contributed by atoms with E-state index in [0.29, 0.717) is 0 Å². The van der Waals surface area contributed by atoms with Crippen LogP contribution in [0.15, 0.2) is 12.1 Å². The molecule has 1 aromatic rings. The molecular formula is C13H20O4S. The van der Waals surface area contributed by atoms with Crippen molar-refractivity contribution in [2.24, 2.45) is 5.92 Å². The van der Waals surface area contributed by atoms with Crippen LogP contribution in [-0.4, -0.2) is 25.3 Å². The highest BCUT2D eigenvalue weighted by atomic mass is 32.2. The number of rotatable bonds is 5. The second kappa shape index (κ2) is 5.71. The average Bonchev–Trinajstić information content (AvgIpc) is 2.18. The Morgan fingerprint density at radius 2 is 1.89 bits per heavy atom. The first-order chi connectivity index (χ1) is 8.19. The minimum absolute atomic E-state index is 0.250. The second-order valence-electron chi connectivity index (χ2n) is 4.87. The normalized spacial score (nSPS) is 13.4. The van der Waals surface area contributed by atoms with E-state index in [1.165, 1.54) is 0 Å². The van der Waals surface area contributed by atoms with E-state index in [0.717, 1.165) is 22.4 Å². The summed E-state index contributed by atoms with van der Waals surface area (Å²) < 4.78 is 35.8. The maximum absolute atomic E-state index is 10.7. The lowest BCUT2D eigenvalue weighted by atomic mass is 10.1. The highest BCUT2D eigenvalue weighted by Crippen LogP contribution is 2.23. The molecule has 0 saturated carbocycles. The largest absolute Gasteiger partial charge is 0.493 e. The Hall–Kier alpha value is -1.07. The number of hydrogen-bond acceptors (Lipinski definition) is 3. The zero-order valence-electron chi connectivity index (χ0n) is 11.2. The van der Waals surface area contributed by atoms with Gasteiger partial charge >= 0.3 is 0 Å². The van der Waals surface area contributed by atoms with E-state index in [-0.39, 0.29) is 18.3 Å². The first-order valence-electron chi connectivity index (χ1n) is 5.85. The fraction of sp³-hybridized carbons (Fsp3) is 0.538. The van der Waals surface area contributed by atoms with E-state index in [9.17, 15) is 8.42 Å². The van der Waals surface area contributed by atoms with E-state index in [4.69, 9.17) is 9.29 Å². The Bertz CT molecular complexity index is 520. The molecule has 1 N–H and O–H groups in total. The molecule has 0 bridgehead atoms. The predicted octanol–water partition coefficient (Wildman–Crippen LogP) is 2.51. The van der Waals surface area contributed by atoms with Crippen molar-refractivity contribution in [3.63, 3.8) is 0 Å². The Balaban J connectivity index is 2.69. The first kappa shape index (κ1) is 15.0. The van der Waals surface area contributed by atoms with Crippen LogP contribution in [0.25, 0.3) is 0 Å². The lowest BCUT2D eigenvalue weighted by molar-refractivity contribution is 0.268. The zero-order chi connectivity index (χ0) is 13.9. The van der Waals surface area contributed by atoms with Gasteiger partial charge in [-0.05, 0) is 43.5 Å². The van der Waals surface area contributed by atoms with Crippen LogP contribution >= 0.6 is 0 Å². The molecule has 0 aliphatic carbocycles. The van der Waals surface area contributed by atoms with Crippen LogP contribution < -0.4 is 4.74 Å². The summed E-state index contributed by atoms with van der Waals surface area (Å²) in [6, 6.07) is 4.01. The third-order valence-electron chi connectivity index (χ3n) is 2.78. The van der Waals surface area contributed by atoms with Crippen LogP contribution in [0, 0.1) is 26.7 Å². The van der Waals surface area contributed by atoms with E-state index in [1.807, 2.05) is 26.8 Å². The molecule has 18 heavy (non-hydrogen) atoms. The van der Waals surface area contributed by atoms with E-state index >= 15 is 0 Å². The van der Waals surface area contributed by atoms with Gasteiger partial charge < -0.3 is 4.74 Å². The molecule has 0 aromatic heterocycles. The lowest BCUT2D eigenvalue weighted by Gasteiger charge is -2.15. The molecule has 1 atom stereocenters. The summed E-state index contributed by atoms with van der Waals surface area (Å²) in [6.45, 7) is 7.96. The minimum Gasteiger partial charge on any atom is -0.493 e. The highest BCUT2D eigenvalue weighted by molar-refractivity contribution is 7.85. The van der Waals surface area contributed by atoms with Crippen molar-refractivity contribution in [2.75, 3.05) is 12.4 Å². The molecule has 1 rings (SSSR count). The maximum atomic E-state index is 10.7. The topological polar surface area (TPSA) is 63.6 Å². The highest BCUT2D eigenvalue weighted by Gasteiger charge is 2.14. The molecule has 0 amide bonds. The van der Waals surface area contributed by atoms with Gasteiger partial charge in [0.1, 0.15) is 5.75 Å². The van der Waals surface area contributed by atoms with Gasteiger partial charge in [-0.15, -0.1) is 0 Å². The molecule has 5 heteroatoms. The molecule has 0 heterocycles. The molecule has 0 spiro atoms. The van der Waals surface area contributed by atoms with Gasteiger partial charge in [0.05, 0.1) is 12.4 Å². The van der Waals surface area contributed by atoms with Crippen molar-refractivity contribution in [2.45, 2.75) is 27.7 Å². The molecule has 0 aliphatic heterocycles. The minimum atomic E-state index is -3.93. The first-order valence-corrected chi connectivity index (χ1v) is 7.46. The number of benzene rings is 1. The van der Waals surface area contributed by atoms with E-state index in [2.05, 4.69) is 6.07 Å². The maximum Gasteiger partial charge on any atom is 0.265 e. The second-order valence-corrected chi connectivity index (χ2v) is 6.37. The Kier molecular flexibility index (Phi) is 4.76. The summed E-state index contributed by atoms with van der Waals surface area (Å²) in [5.41, 5.74) is 3.31. The fourth-order valence-corrected chi connectivity index (χ4v) is 2.61. The Labute approximate surface area is 109 Å². The number of ether oxygens (including phenoxy) is 1. The Morgan fingerprint density at radius 1 is 1.28 bits per heavy atom. The SMILES string of the molecule is Cc1cc(C)c(C)c(OCC(C)CS(=O)(=O)O)c1. The zero-order valence-corrected chi connectivity index (χ0v) is 12.0. The van der Waals surface area contributed by atoms with E-state index < -0.39 is 10.1 Å². The average molecular weight is 272 g/mol. The van der Waals surface area contributed by atoms with Crippen molar-refractivity contribution in [3.05, 3.63) is 28.8 Å². The van der Waals surface area contributed by atoms with Gasteiger partial charge in [-0.1, -0.05) is 13.0 Å². The molecule has 0 aliphatic rings. The summed E-state index contributed by atoms with van der Waals surface area (Å²) in [6.07, 6.45) is 0. The van der Waals surface area contributed by atoms with Crippen molar-refractivity contribution in [1.82, 2.24) is 0 Å². The van der Waals surface area contributed by atoms with E-state index in [1.54, 1.807) is 6.92 Å². The smallest absolute Gasteiger partial charge is 0.265 e. The molecule has 1 unspecified atom stereocenters. The monoisotopic (exact) mass is 272 g/mol. The van der Waals surface area contributed by atoms with Crippen LogP contribution in [0.3, 0.4) is 0 Å². The quantitative estimate of drug-likeness (QED) is 0.837. The number of aryl methyl sites for hydroxylation is 2. The fourth-order valence-electron chi connectivity index (χ4n) is 1.79. The molecule has 0 fully saturated rings. The summed E-state index contributed by atoms with van der Waals surface area (Å²) >= 11 is 0. The summed E-state index contributed by atoms with van der Waals surface area (Å²) in [5.74, 6) is 0.242. The predicted molar refractivity (Wildman–Crippen MR) is 71.7 cm³/mol. The third-order valence-corrected chi connectivity index (χ3v) is 3.77. The lowest BCUT2D eigenvalue weighted by Crippen LogP contribution is -2.19. The van der Waals surface area contributed by atoms with Crippen LogP contribution in [-0.2, 0) is 10.1 Å². The van der Waals surface area contributed by atoms with Crippen molar-refractivity contribution < 1.29 is 17.7 Å². The van der Waals surface area contributed by atoms with Gasteiger partial charge in [0.15, 0.2) is 0 Å². The van der Waals surface area contributed by atoms with Crippen molar-refractivity contribution >= 4 is 10.1 Å². The van der Waals surface area contributed by atoms with Crippen molar-refractivity contribution in [1.29, 1.82) is 0 Å². The third kappa shape index (κ3) is 4.66. The summed E-state index contributed by atoms with van der Waals surface area (Å²) in [4.78, 5) is 0. The van der Waals surface area contributed by atoms with Gasteiger partial charge in [-0.2, -0.15) is 8.42 Å². The van der Waals surface area contributed by atoms with Gasteiger partial charge in [0.2, 0.25) is 0 Å². The van der Waals surface area contributed by atoms with Gasteiger partial charge in [0, 0.05) is 5.92 Å². The summed E-state index contributed by atoms with van der Waals surface area (Å²) in [7, 11) is -3.93. The molecule has 4 nitrogen and oxygen atoms in total. The van der Waals surface area contributed by atoms with Crippen LogP contribution in [0.5, 0.6) is 5.75 Å². The molecule has 102 valence electrons. The van der Waals surface area contributed by atoms with Gasteiger partial charge in [-0.3, -0.25) is 4.55 Å². The van der Waals surface area contributed by atoms with Gasteiger partial charge in [-0.25, -0.2) is 0 Å². The van der Waals surface area contributed by atoms with Crippen molar-refractivity contribution in [3.8, 4) is 5.75 Å². The summed E-state index contributed by atoms with van der Waals surface area (Å²) in [5, 5.41) is 0. The standard InChI is InChI=1S/C13H20O4S/c1-9-5-11(3)12(4)13(6-9)17-7-10(2)8-18(14,15)16/h5-6,10H,7-8H2,1-4H3,(H,14,15,16). The molecule has 0 saturated heterocycles. The molecule has 0 radical (unpaired) electrons. The number of hydrogen-bond donors (Lipinski definition) is 1. The molecule has 1 aromatic carbocycles. The van der Waals surface area contributed by atoms with Crippen LogP contribution in [0.2, 0.25) is 0 Å². The Morgan fingerprint density at radius 3 is 2.44 bits per heavy atom.